The van der Waals surface area contributed by atoms with Crippen LogP contribution in [0.15, 0.2) is 65.2 Å². The van der Waals surface area contributed by atoms with Gasteiger partial charge in [-0.1, -0.05) is 41.9 Å². The predicted molar refractivity (Wildman–Crippen MR) is 108 cm³/mol. The lowest BCUT2D eigenvalue weighted by Gasteiger charge is -2.07. The molecule has 7 heteroatoms. The van der Waals surface area contributed by atoms with Crippen molar-refractivity contribution in [2.45, 2.75) is 19.3 Å². The number of nitrogens with zero attached hydrogens (tertiary/aromatic N) is 1. The number of halogens is 1. The Morgan fingerprint density at radius 3 is 2.50 bits per heavy atom. The first kappa shape index (κ1) is 19.6. The van der Waals surface area contributed by atoms with Crippen LogP contribution in [0.2, 0.25) is 5.02 Å². The van der Waals surface area contributed by atoms with E-state index in [9.17, 15) is 9.59 Å². The molecule has 2 amide bonds. The Hall–Kier alpha value is -3.12. The molecule has 1 heterocycles. The Kier molecular flexibility index (Phi) is 6.81. The lowest BCUT2D eigenvalue weighted by Crippen LogP contribution is -2.32. The first-order chi connectivity index (χ1) is 13.6. The molecule has 0 aliphatic heterocycles. The van der Waals surface area contributed by atoms with Gasteiger partial charge in [0.25, 0.3) is 0 Å². The maximum absolute atomic E-state index is 11.9. The van der Waals surface area contributed by atoms with E-state index < -0.39 is 0 Å². The third-order valence-corrected chi connectivity index (χ3v) is 4.23. The van der Waals surface area contributed by atoms with Crippen LogP contribution in [0.4, 0.5) is 5.69 Å². The Morgan fingerprint density at radius 1 is 1.00 bits per heavy atom. The number of carbonyl (C=O) groups excluding carboxylic acids is 2. The van der Waals surface area contributed by atoms with Gasteiger partial charge in [0, 0.05) is 29.1 Å². The van der Waals surface area contributed by atoms with E-state index in [2.05, 4.69) is 15.6 Å². The second-order valence-electron chi connectivity index (χ2n) is 6.17. The number of benzene rings is 2. The van der Waals surface area contributed by atoms with Crippen LogP contribution in [0.25, 0.3) is 11.3 Å². The molecule has 28 heavy (non-hydrogen) atoms. The number of aromatic nitrogens is 1. The first-order valence-corrected chi connectivity index (χ1v) is 9.30. The number of nitrogens with one attached hydrogen (secondary N) is 2. The summed E-state index contributed by atoms with van der Waals surface area (Å²) >= 11 is 5.80. The molecule has 0 aliphatic rings. The fourth-order valence-corrected chi connectivity index (χ4v) is 2.69. The topological polar surface area (TPSA) is 84.2 Å². The Morgan fingerprint density at radius 2 is 1.75 bits per heavy atom. The van der Waals surface area contributed by atoms with Crippen LogP contribution < -0.4 is 10.6 Å². The van der Waals surface area contributed by atoms with Gasteiger partial charge in [0.15, 0.2) is 11.7 Å². The van der Waals surface area contributed by atoms with Crippen LogP contribution in [0, 0.1) is 0 Å². The van der Waals surface area contributed by atoms with E-state index in [0.717, 1.165) is 5.56 Å². The van der Waals surface area contributed by atoms with Crippen LogP contribution in [0.5, 0.6) is 0 Å². The summed E-state index contributed by atoms with van der Waals surface area (Å²) in [7, 11) is 0. The Labute approximate surface area is 167 Å². The van der Waals surface area contributed by atoms with E-state index in [1.807, 2.05) is 30.3 Å². The van der Waals surface area contributed by atoms with Crippen molar-refractivity contribution in [3.8, 4) is 11.3 Å². The molecule has 2 N–H and O–H groups in total. The lowest BCUT2D eigenvalue weighted by atomic mass is 10.2. The van der Waals surface area contributed by atoms with Gasteiger partial charge in [-0.25, -0.2) is 4.98 Å². The maximum atomic E-state index is 11.9. The number of oxazole rings is 1. The maximum Gasteiger partial charge on any atom is 0.243 e. The molecule has 0 saturated heterocycles. The molecule has 3 aromatic rings. The summed E-state index contributed by atoms with van der Waals surface area (Å²) in [5, 5.41) is 5.88. The highest BCUT2D eigenvalue weighted by Crippen LogP contribution is 2.20. The number of carbonyl (C=O) groups is 2. The second-order valence-corrected chi connectivity index (χ2v) is 6.61. The third-order valence-electron chi connectivity index (χ3n) is 3.98. The highest BCUT2D eigenvalue weighted by Gasteiger charge is 2.09. The number of hydrogen-bond donors (Lipinski definition) is 2. The fraction of sp³-hybridized carbons (Fsp3) is 0.190. The molecule has 2 aromatic carbocycles. The van der Waals surface area contributed by atoms with Gasteiger partial charge in [-0.05, 0) is 30.7 Å². The van der Waals surface area contributed by atoms with Crippen molar-refractivity contribution in [2.75, 3.05) is 11.9 Å². The summed E-state index contributed by atoms with van der Waals surface area (Å²) in [6.07, 6.45) is 3.11. The highest BCUT2D eigenvalue weighted by atomic mass is 35.5. The zero-order valence-electron chi connectivity index (χ0n) is 15.2. The van der Waals surface area contributed by atoms with Gasteiger partial charge in [0.1, 0.15) is 0 Å². The Balaban J connectivity index is 1.36. The molecule has 0 bridgehead atoms. The predicted octanol–water partition coefficient (Wildman–Crippen LogP) is 4.07. The lowest BCUT2D eigenvalue weighted by molar-refractivity contribution is -0.124. The summed E-state index contributed by atoms with van der Waals surface area (Å²) in [4.78, 5) is 28.0. The Bertz CT molecular complexity index is 924. The van der Waals surface area contributed by atoms with Crippen molar-refractivity contribution in [1.82, 2.24) is 10.3 Å². The zero-order chi connectivity index (χ0) is 19.8. The number of rotatable bonds is 8. The second kappa shape index (κ2) is 9.71. The van der Waals surface area contributed by atoms with Gasteiger partial charge in [-0.3, -0.25) is 9.59 Å². The summed E-state index contributed by atoms with van der Waals surface area (Å²) in [5.74, 6) is 0.808. The van der Waals surface area contributed by atoms with E-state index >= 15 is 0 Å². The number of anilines is 1. The average molecular weight is 398 g/mol. The molecule has 144 valence electrons. The average Bonchev–Trinajstić information content (AvgIpc) is 3.18. The van der Waals surface area contributed by atoms with Crippen LogP contribution >= 0.6 is 11.6 Å². The molecule has 3 rings (SSSR count). The molecule has 0 spiro atoms. The molecular weight excluding hydrogens is 378 g/mol. The number of aryl methyl sites for hydroxylation is 1. The van der Waals surface area contributed by atoms with Crippen molar-refractivity contribution in [3.05, 3.63) is 71.7 Å². The van der Waals surface area contributed by atoms with Crippen LogP contribution in [0.3, 0.4) is 0 Å². The zero-order valence-corrected chi connectivity index (χ0v) is 15.9. The molecule has 0 radical (unpaired) electrons. The standard InChI is InChI=1S/C21H20ClN3O3/c22-16-9-11-17(12-10-16)25-20(27)14-23-19(26)7-4-8-21-24-13-18(28-21)15-5-2-1-3-6-15/h1-3,5-6,9-13H,4,7-8,14H2,(H,23,26)(H,25,27). The smallest absolute Gasteiger partial charge is 0.243 e. The summed E-state index contributed by atoms with van der Waals surface area (Å²) in [5.41, 5.74) is 1.59. The monoisotopic (exact) mass is 397 g/mol. The van der Waals surface area contributed by atoms with Gasteiger partial charge >= 0.3 is 0 Å². The van der Waals surface area contributed by atoms with Crippen LogP contribution in [0.1, 0.15) is 18.7 Å². The van der Waals surface area contributed by atoms with Crippen molar-refractivity contribution < 1.29 is 14.0 Å². The minimum Gasteiger partial charge on any atom is -0.441 e. The van der Waals surface area contributed by atoms with Crippen molar-refractivity contribution >= 4 is 29.1 Å². The van der Waals surface area contributed by atoms with Gasteiger partial charge in [-0.2, -0.15) is 0 Å². The van der Waals surface area contributed by atoms with Crippen molar-refractivity contribution in [2.24, 2.45) is 0 Å². The van der Waals surface area contributed by atoms with Gasteiger partial charge in [0.2, 0.25) is 11.8 Å². The van der Waals surface area contributed by atoms with Gasteiger partial charge < -0.3 is 15.1 Å². The van der Waals surface area contributed by atoms with Crippen molar-refractivity contribution in [1.29, 1.82) is 0 Å². The molecule has 0 atom stereocenters. The van der Waals surface area contributed by atoms with E-state index in [4.69, 9.17) is 16.0 Å². The molecule has 0 unspecified atom stereocenters. The number of amides is 2. The molecule has 0 fully saturated rings. The summed E-state index contributed by atoms with van der Waals surface area (Å²) in [6.45, 7) is -0.0847. The quantitative estimate of drug-likeness (QED) is 0.600. The first-order valence-electron chi connectivity index (χ1n) is 8.92. The fourth-order valence-electron chi connectivity index (χ4n) is 2.57. The van der Waals surface area contributed by atoms with Gasteiger partial charge in [0.05, 0.1) is 12.7 Å². The minimum absolute atomic E-state index is 0.0847. The molecule has 1 aromatic heterocycles. The van der Waals surface area contributed by atoms with E-state index in [-0.39, 0.29) is 24.8 Å². The van der Waals surface area contributed by atoms with E-state index in [1.165, 1.54) is 0 Å². The third kappa shape index (κ3) is 5.96. The minimum atomic E-state index is -0.295. The van der Waals surface area contributed by atoms with E-state index in [0.29, 0.717) is 35.2 Å². The molecular formula is C21H20ClN3O3. The van der Waals surface area contributed by atoms with E-state index in [1.54, 1.807) is 30.5 Å². The molecule has 0 saturated carbocycles. The normalized spacial score (nSPS) is 10.5. The SMILES string of the molecule is O=C(CCCc1ncc(-c2ccccc2)o1)NCC(=O)Nc1ccc(Cl)cc1. The van der Waals surface area contributed by atoms with Gasteiger partial charge in [-0.15, -0.1) is 0 Å². The van der Waals surface area contributed by atoms with Crippen molar-refractivity contribution in [3.63, 3.8) is 0 Å². The highest BCUT2D eigenvalue weighted by molar-refractivity contribution is 6.30. The molecule has 6 nitrogen and oxygen atoms in total. The largest absolute Gasteiger partial charge is 0.441 e. The summed E-state index contributed by atoms with van der Waals surface area (Å²) < 4.78 is 5.71. The summed E-state index contributed by atoms with van der Waals surface area (Å²) in [6, 6.07) is 16.5. The number of hydrogen-bond acceptors (Lipinski definition) is 4. The molecule has 0 aliphatic carbocycles. The van der Waals surface area contributed by atoms with Crippen LogP contribution in [-0.2, 0) is 16.0 Å². The van der Waals surface area contributed by atoms with Crippen LogP contribution in [-0.4, -0.2) is 23.3 Å².